The highest BCUT2D eigenvalue weighted by molar-refractivity contribution is 6.30. The number of nitrogens with zero attached hydrogens (tertiary/aromatic N) is 2. The van der Waals surface area contributed by atoms with Crippen LogP contribution in [-0.4, -0.2) is 22.4 Å². The van der Waals surface area contributed by atoms with Gasteiger partial charge in [-0.15, -0.1) is 0 Å². The first-order chi connectivity index (χ1) is 11.4. The molecule has 24 heavy (non-hydrogen) atoms. The molecule has 0 atom stereocenters. The topological polar surface area (TPSA) is 125 Å². The maximum atomic E-state index is 11.8. The van der Waals surface area contributed by atoms with Gasteiger partial charge in [-0.05, 0) is 18.2 Å². The van der Waals surface area contributed by atoms with Crippen LogP contribution in [0.2, 0.25) is 5.02 Å². The monoisotopic (exact) mass is 351 g/mol. The van der Waals surface area contributed by atoms with E-state index in [2.05, 4.69) is 5.32 Å². The predicted molar refractivity (Wildman–Crippen MR) is 85.3 cm³/mol. The Bertz CT molecular complexity index is 811. The van der Waals surface area contributed by atoms with Gasteiger partial charge in [0.15, 0.2) is 12.4 Å². The zero-order chi connectivity index (χ0) is 17.7. The fourth-order valence-corrected chi connectivity index (χ4v) is 1.96. The van der Waals surface area contributed by atoms with Crippen molar-refractivity contribution < 1.29 is 19.4 Å². The number of nitro benzene ring substituents is 2. The molecule has 0 radical (unpaired) electrons. The van der Waals surface area contributed by atoms with Crippen LogP contribution < -0.4 is 10.1 Å². The molecule has 0 fully saturated rings. The number of hydrogen-bond acceptors (Lipinski definition) is 6. The Hall–Kier alpha value is -3.20. The van der Waals surface area contributed by atoms with E-state index in [1.165, 1.54) is 36.4 Å². The fourth-order valence-electron chi connectivity index (χ4n) is 1.79. The number of carbonyl (C=O) groups excluding carboxylic acids is 1. The number of nitro groups is 2. The van der Waals surface area contributed by atoms with E-state index in [0.717, 1.165) is 6.07 Å². The first-order valence-corrected chi connectivity index (χ1v) is 6.85. The van der Waals surface area contributed by atoms with Crippen molar-refractivity contribution in [3.8, 4) is 5.75 Å². The van der Waals surface area contributed by atoms with Crippen LogP contribution >= 0.6 is 11.6 Å². The first-order valence-electron chi connectivity index (χ1n) is 6.48. The average molecular weight is 352 g/mol. The molecule has 0 aliphatic heterocycles. The number of non-ortho nitro benzene ring substituents is 1. The van der Waals surface area contributed by atoms with Crippen LogP contribution in [0.5, 0.6) is 5.75 Å². The Morgan fingerprint density at radius 1 is 1.12 bits per heavy atom. The smallest absolute Gasteiger partial charge is 0.312 e. The molecule has 1 amide bonds. The van der Waals surface area contributed by atoms with Crippen LogP contribution in [0.1, 0.15) is 0 Å². The van der Waals surface area contributed by atoms with Crippen molar-refractivity contribution in [2.75, 3.05) is 11.9 Å². The largest absolute Gasteiger partial charge is 0.477 e. The van der Waals surface area contributed by atoms with E-state index in [0.29, 0.717) is 0 Å². The molecule has 0 aromatic heterocycles. The maximum absolute atomic E-state index is 11.8. The third-order valence-electron chi connectivity index (χ3n) is 2.82. The van der Waals surface area contributed by atoms with Gasteiger partial charge < -0.3 is 10.1 Å². The molecule has 1 N–H and O–H groups in total. The van der Waals surface area contributed by atoms with Gasteiger partial charge in [0.25, 0.3) is 11.6 Å². The third kappa shape index (κ3) is 4.40. The molecule has 2 rings (SSSR count). The van der Waals surface area contributed by atoms with Crippen molar-refractivity contribution in [1.29, 1.82) is 0 Å². The molecule has 0 heterocycles. The Morgan fingerprint density at radius 2 is 1.88 bits per heavy atom. The van der Waals surface area contributed by atoms with Crippen LogP contribution in [0.15, 0.2) is 42.5 Å². The van der Waals surface area contributed by atoms with Gasteiger partial charge in [0, 0.05) is 28.9 Å². The zero-order valence-electron chi connectivity index (χ0n) is 12.0. The Labute approximate surface area is 140 Å². The summed E-state index contributed by atoms with van der Waals surface area (Å²) in [5.74, 6) is -0.738. The van der Waals surface area contributed by atoms with Gasteiger partial charge >= 0.3 is 5.69 Å². The van der Waals surface area contributed by atoms with Crippen molar-refractivity contribution in [1.82, 2.24) is 0 Å². The highest BCUT2D eigenvalue weighted by atomic mass is 35.5. The number of amides is 1. The van der Waals surface area contributed by atoms with Crippen molar-refractivity contribution in [2.45, 2.75) is 0 Å². The molecule has 2 aromatic carbocycles. The normalized spacial score (nSPS) is 10.0. The SMILES string of the molecule is O=C(COc1ccc(Cl)cc1[N+](=O)[O-])Nc1cccc([N+](=O)[O-])c1. The van der Waals surface area contributed by atoms with E-state index < -0.39 is 22.4 Å². The third-order valence-corrected chi connectivity index (χ3v) is 3.05. The Balaban J connectivity index is 2.03. The molecule has 10 heteroatoms. The minimum Gasteiger partial charge on any atom is -0.477 e. The number of anilines is 1. The molecule has 9 nitrogen and oxygen atoms in total. The summed E-state index contributed by atoms with van der Waals surface area (Å²) in [6, 6.07) is 9.12. The lowest BCUT2D eigenvalue weighted by Crippen LogP contribution is -2.20. The lowest BCUT2D eigenvalue weighted by Gasteiger charge is -2.08. The van der Waals surface area contributed by atoms with Crippen molar-refractivity contribution in [2.24, 2.45) is 0 Å². The van der Waals surface area contributed by atoms with Crippen LogP contribution in [-0.2, 0) is 4.79 Å². The number of carbonyl (C=O) groups is 1. The highest BCUT2D eigenvalue weighted by Gasteiger charge is 2.17. The summed E-state index contributed by atoms with van der Waals surface area (Å²) in [6.45, 7) is -0.509. The van der Waals surface area contributed by atoms with Crippen LogP contribution in [0.25, 0.3) is 0 Å². The molecule has 0 spiro atoms. The summed E-state index contributed by atoms with van der Waals surface area (Å²) < 4.78 is 5.12. The van der Waals surface area contributed by atoms with Crippen LogP contribution in [0.3, 0.4) is 0 Å². The van der Waals surface area contributed by atoms with Gasteiger partial charge in [-0.25, -0.2) is 0 Å². The number of rotatable bonds is 6. The molecule has 0 bridgehead atoms. The number of hydrogen-bond donors (Lipinski definition) is 1. The van der Waals surface area contributed by atoms with Gasteiger partial charge in [0.1, 0.15) is 0 Å². The van der Waals surface area contributed by atoms with Crippen LogP contribution in [0, 0.1) is 20.2 Å². The number of halogens is 1. The number of ether oxygens (including phenoxy) is 1. The van der Waals surface area contributed by atoms with E-state index in [1.54, 1.807) is 0 Å². The summed E-state index contributed by atoms with van der Waals surface area (Å²) in [7, 11) is 0. The lowest BCUT2D eigenvalue weighted by molar-refractivity contribution is -0.385. The molecule has 124 valence electrons. The number of nitrogens with one attached hydrogen (secondary N) is 1. The minimum absolute atomic E-state index is 0.112. The Kier molecular flexibility index (Phi) is 5.27. The van der Waals surface area contributed by atoms with Gasteiger partial charge in [-0.3, -0.25) is 25.0 Å². The summed E-state index contributed by atoms with van der Waals surface area (Å²) in [5, 5.41) is 24.2. The maximum Gasteiger partial charge on any atom is 0.312 e. The van der Waals surface area contributed by atoms with E-state index >= 15 is 0 Å². The minimum atomic E-state index is -0.681. The van der Waals surface area contributed by atoms with E-state index in [1.807, 2.05) is 0 Å². The summed E-state index contributed by atoms with van der Waals surface area (Å²) in [6.07, 6.45) is 0. The number of benzene rings is 2. The molecule has 2 aromatic rings. The van der Waals surface area contributed by atoms with Crippen molar-refractivity contribution in [3.05, 3.63) is 67.7 Å². The van der Waals surface area contributed by atoms with Gasteiger partial charge in [0.05, 0.1) is 9.85 Å². The van der Waals surface area contributed by atoms with E-state index in [-0.39, 0.29) is 27.8 Å². The summed E-state index contributed by atoms with van der Waals surface area (Å²) >= 11 is 5.68. The molecule has 0 saturated carbocycles. The van der Waals surface area contributed by atoms with Crippen molar-refractivity contribution >= 4 is 34.6 Å². The molecule has 0 unspecified atom stereocenters. The van der Waals surface area contributed by atoms with Crippen molar-refractivity contribution in [3.63, 3.8) is 0 Å². The molecule has 0 saturated heterocycles. The standard InChI is InChI=1S/C14H10ClN3O6/c15-9-4-5-13(12(6-9)18(22)23)24-8-14(19)16-10-2-1-3-11(7-10)17(20)21/h1-7H,8H2,(H,16,19). The van der Waals surface area contributed by atoms with Gasteiger partial charge in [-0.1, -0.05) is 17.7 Å². The quantitative estimate of drug-likeness (QED) is 0.629. The Morgan fingerprint density at radius 3 is 2.54 bits per heavy atom. The molecular formula is C14H10ClN3O6. The van der Waals surface area contributed by atoms with Gasteiger partial charge in [0.2, 0.25) is 0 Å². The van der Waals surface area contributed by atoms with E-state index in [4.69, 9.17) is 16.3 Å². The second-order valence-electron chi connectivity index (χ2n) is 4.51. The summed E-state index contributed by atoms with van der Waals surface area (Å²) in [4.78, 5) is 32.1. The molecular weight excluding hydrogens is 342 g/mol. The van der Waals surface area contributed by atoms with E-state index in [9.17, 15) is 25.0 Å². The lowest BCUT2D eigenvalue weighted by atomic mass is 10.3. The molecule has 0 aliphatic carbocycles. The summed E-state index contributed by atoms with van der Waals surface area (Å²) in [5.41, 5.74) is -0.337. The van der Waals surface area contributed by atoms with Crippen LogP contribution in [0.4, 0.5) is 17.1 Å². The van der Waals surface area contributed by atoms with Gasteiger partial charge in [-0.2, -0.15) is 0 Å². The first kappa shape index (κ1) is 17.2. The highest BCUT2D eigenvalue weighted by Crippen LogP contribution is 2.29. The second kappa shape index (κ2) is 7.38. The average Bonchev–Trinajstić information content (AvgIpc) is 2.53. The molecule has 0 aliphatic rings. The fraction of sp³-hybridized carbons (Fsp3) is 0.0714. The zero-order valence-corrected chi connectivity index (χ0v) is 12.7. The second-order valence-corrected chi connectivity index (χ2v) is 4.95. The predicted octanol–water partition coefficient (Wildman–Crippen LogP) is 3.17.